The number of carbonyl (C=O) groups excluding carboxylic acids is 1. The number of nitrogens with one attached hydrogen (secondary N) is 1. The van der Waals surface area contributed by atoms with E-state index in [1.807, 2.05) is 0 Å². The second kappa shape index (κ2) is 6.07. The maximum Gasteiger partial charge on any atom is 0.304 e. The number of aromatic nitrogens is 3. The number of amides is 1. The van der Waals surface area contributed by atoms with Gasteiger partial charge in [-0.15, -0.1) is 0 Å². The standard InChI is InChI=1S/C12H12FN5O3/c1-17-7-15-11(16-17)4-5-14-12(19)8-2-3-10(18(20)21)9(13)6-8/h2-3,6-7H,4-5H2,1H3,(H,14,19). The van der Waals surface area contributed by atoms with E-state index in [9.17, 15) is 19.3 Å². The van der Waals surface area contributed by atoms with E-state index in [-0.39, 0.29) is 12.1 Å². The van der Waals surface area contributed by atoms with Crippen LogP contribution in [0.4, 0.5) is 10.1 Å². The molecule has 0 aliphatic carbocycles. The Kier molecular flexibility index (Phi) is 4.21. The summed E-state index contributed by atoms with van der Waals surface area (Å²) in [4.78, 5) is 25.4. The topological polar surface area (TPSA) is 103 Å². The van der Waals surface area contributed by atoms with Crippen LogP contribution in [0.2, 0.25) is 0 Å². The van der Waals surface area contributed by atoms with E-state index in [0.717, 1.165) is 12.1 Å². The molecule has 2 aromatic rings. The number of rotatable bonds is 5. The fraction of sp³-hybridized carbons (Fsp3) is 0.250. The first kappa shape index (κ1) is 14.6. The lowest BCUT2D eigenvalue weighted by Crippen LogP contribution is -2.26. The van der Waals surface area contributed by atoms with Crippen LogP contribution in [0.1, 0.15) is 16.2 Å². The first-order valence-electron chi connectivity index (χ1n) is 6.04. The molecule has 1 amide bonds. The van der Waals surface area contributed by atoms with Crippen LogP contribution < -0.4 is 5.32 Å². The Hall–Kier alpha value is -2.84. The molecular weight excluding hydrogens is 281 g/mol. The Balaban J connectivity index is 1.94. The van der Waals surface area contributed by atoms with Crippen molar-refractivity contribution in [2.24, 2.45) is 7.05 Å². The van der Waals surface area contributed by atoms with E-state index in [2.05, 4.69) is 15.4 Å². The molecule has 0 unspecified atom stereocenters. The van der Waals surface area contributed by atoms with Gasteiger partial charge >= 0.3 is 5.69 Å². The van der Waals surface area contributed by atoms with Gasteiger partial charge in [0, 0.05) is 31.6 Å². The van der Waals surface area contributed by atoms with Gasteiger partial charge < -0.3 is 5.32 Å². The number of nitro groups is 1. The minimum absolute atomic E-state index is 0.0204. The van der Waals surface area contributed by atoms with Crippen molar-refractivity contribution >= 4 is 11.6 Å². The smallest absolute Gasteiger partial charge is 0.304 e. The number of nitro benzene ring substituents is 1. The molecule has 2 rings (SSSR count). The SMILES string of the molecule is Cn1cnc(CCNC(=O)c2ccc([N+](=O)[O-])c(F)c2)n1. The summed E-state index contributed by atoms with van der Waals surface area (Å²) in [5, 5.41) is 17.1. The van der Waals surface area contributed by atoms with Crippen LogP contribution in [0, 0.1) is 15.9 Å². The molecule has 0 bridgehead atoms. The van der Waals surface area contributed by atoms with Crippen LogP contribution in [0.3, 0.4) is 0 Å². The lowest BCUT2D eigenvalue weighted by atomic mass is 10.2. The molecule has 21 heavy (non-hydrogen) atoms. The summed E-state index contributed by atoms with van der Waals surface area (Å²) in [5.41, 5.74) is -0.642. The second-order valence-electron chi connectivity index (χ2n) is 4.26. The Morgan fingerprint density at radius 3 is 2.86 bits per heavy atom. The van der Waals surface area contributed by atoms with Crippen molar-refractivity contribution < 1.29 is 14.1 Å². The maximum absolute atomic E-state index is 13.4. The molecule has 9 heteroatoms. The second-order valence-corrected chi connectivity index (χ2v) is 4.26. The Morgan fingerprint density at radius 1 is 1.52 bits per heavy atom. The molecule has 1 heterocycles. The summed E-state index contributed by atoms with van der Waals surface area (Å²) in [6, 6.07) is 3.01. The first-order valence-corrected chi connectivity index (χ1v) is 6.04. The minimum atomic E-state index is -1.04. The number of hydrogen-bond acceptors (Lipinski definition) is 5. The zero-order valence-corrected chi connectivity index (χ0v) is 11.1. The first-order chi connectivity index (χ1) is 9.97. The summed E-state index contributed by atoms with van der Waals surface area (Å²) in [5.74, 6) is -0.980. The van der Waals surface area contributed by atoms with Gasteiger partial charge in [0.05, 0.1) is 4.92 Å². The molecule has 1 aromatic heterocycles. The van der Waals surface area contributed by atoms with Crippen molar-refractivity contribution in [2.75, 3.05) is 6.54 Å². The van der Waals surface area contributed by atoms with E-state index >= 15 is 0 Å². The number of nitrogens with zero attached hydrogens (tertiary/aromatic N) is 4. The molecule has 1 aromatic carbocycles. The fourth-order valence-corrected chi connectivity index (χ4v) is 1.68. The van der Waals surface area contributed by atoms with Gasteiger partial charge in [0.15, 0.2) is 5.82 Å². The predicted octanol–water partition coefficient (Wildman–Crippen LogP) is 0.835. The van der Waals surface area contributed by atoms with E-state index in [1.54, 1.807) is 18.1 Å². The number of carbonyl (C=O) groups is 1. The van der Waals surface area contributed by atoms with Crippen LogP contribution in [-0.4, -0.2) is 32.1 Å². The lowest BCUT2D eigenvalue weighted by molar-refractivity contribution is -0.387. The Labute approximate surface area is 118 Å². The highest BCUT2D eigenvalue weighted by molar-refractivity contribution is 5.94. The minimum Gasteiger partial charge on any atom is -0.352 e. The highest BCUT2D eigenvalue weighted by Gasteiger charge is 2.16. The fourth-order valence-electron chi connectivity index (χ4n) is 1.68. The van der Waals surface area contributed by atoms with Crippen LogP contribution in [0.25, 0.3) is 0 Å². The number of hydrogen-bond donors (Lipinski definition) is 1. The van der Waals surface area contributed by atoms with Crippen molar-refractivity contribution in [1.29, 1.82) is 0 Å². The van der Waals surface area contributed by atoms with Gasteiger partial charge in [-0.3, -0.25) is 19.6 Å². The third-order valence-corrected chi connectivity index (χ3v) is 2.69. The van der Waals surface area contributed by atoms with Crippen molar-refractivity contribution in [1.82, 2.24) is 20.1 Å². The highest BCUT2D eigenvalue weighted by Crippen LogP contribution is 2.17. The molecule has 0 radical (unpaired) electrons. The third kappa shape index (κ3) is 3.59. The zero-order chi connectivity index (χ0) is 15.4. The molecule has 0 spiro atoms. The molecule has 0 aliphatic rings. The Bertz CT molecular complexity index is 685. The predicted molar refractivity (Wildman–Crippen MR) is 70.1 cm³/mol. The van der Waals surface area contributed by atoms with Crippen LogP contribution in [0.15, 0.2) is 24.5 Å². The van der Waals surface area contributed by atoms with Crippen molar-refractivity contribution in [3.05, 3.63) is 51.8 Å². The van der Waals surface area contributed by atoms with E-state index in [0.29, 0.717) is 12.2 Å². The molecule has 0 fully saturated rings. The Morgan fingerprint density at radius 2 is 2.29 bits per heavy atom. The summed E-state index contributed by atoms with van der Waals surface area (Å²) in [6.45, 7) is 0.279. The van der Waals surface area contributed by atoms with Gasteiger partial charge in [-0.25, -0.2) is 4.98 Å². The van der Waals surface area contributed by atoms with E-state index in [1.165, 1.54) is 6.07 Å². The third-order valence-electron chi connectivity index (χ3n) is 2.69. The molecule has 0 saturated heterocycles. The molecule has 0 saturated carbocycles. The molecule has 8 nitrogen and oxygen atoms in total. The van der Waals surface area contributed by atoms with Crippen LogP contribution in [-0.2, 0) is 13.5 Å². The number of benzene rings is 1. The van der Waals surface area contributed by atoms with Gasteiger partial charge in [0.25, 0.3) is 5.91 Å². The largest absolute Gasteiger partial charge is 0.352 e. The summed E-state index contributed by atoms with van der Waals surface area (Å²) in [6.07, 6.45) is 1.98. The molecule has 0 atom stereocenters. The number of halogens is 1. The maximum atomic E-state index is 13.4. The van der Waals surface area contributed by atoms with Gasteiger partial charge in [0.1, 0.15) is 6.33 Å². The summed E-state index contributed by atoms with van der Waals surface area (Å²) in [7, 11) is 1.73. The van der Waals surface area contributed by atoms with Gasteiger partial charge in [-0.1, -0.05) is 0 Å². The summed E-state index contributed by atoms with van der Waals surface area (Å²) < 4.78 is 15.0. The highest BCUT2D eigenvalue weighted by atomic mass is 19.1. The van der Waals surface area contributed by atoms with Crippen molar-refractivity contribution in [3.63, 3.8) is 0 Å². The lowest BCUT2D eigenvalue weighted by Gasteiger charge is -2.04. The zero-order valence-electron chi connectivity index (χ0n) is 11.1. The molecule has 110 valence electrons. The van der Waals surface area contributed by atoms with Gasteiger partial charge in [0.2, 0.25) is 5.82 Å². The molecule has 0 aliphatic heterocycles. The van der Waals surface area contributed by atoms with Crippen molar-refractivity contribution in [2.45, 2.75) is 6.42 Å². The average molecular weight is 293 g/mol. The van der Waals surface area contributed by atoms with Gasteiger partial charge in [-0.05, 0) is 12.1 Å². The monoisotopic (exact) mass is 293 g/mol. The summed E-state index contributed by atoms with van der Waals surface area (Å²) >= 11 is 0. The quantitative estimate of drug-likeness (QED) is 0.649. The van der Waals surface area contributed by atoms with Gasteiger partial charge in [-0.2, -0.15) is 9.49 Å². The normalized spacial score (nSPS) is 10.4. The van der Waals surface area contributed by atoms with Crippen LogP contribution in [0.5, 0.6) is 0 Å². The van der Waals surface area contributed by atoms with E-state index < -0.39 is 22.3 Å². The molecule has 1 N–H and O–H groups in total. The van der Waals surface area contributed by atoms with Crippen LogP contribution >= 0.6 is 0 Å². The molecular formula is C12H12FN5O3. The average Bonchev–Trinajstić information content (AvgIpc) is 2.83. The van der Waals surface area contributed by atoms with E-state index in [4.69, 9.17) is 0 Å². The number of aryl methyl sites for hydroxylation is 1. The van der Waals surface area contributed by atoms with Crippen molar-refractivity contribution in [3.8, 4) is 0 Å².